The maximum atomic E-state index is 12.1. The number of aromatic amines is 1. The molecule has 1 amide bonds. The van der Waals surface area contributed by atoms with E-state index in [4.69, 9.17) is 4.74 Å². The number of H-pyrrole nitrogens is 1. The van der Waals surface area contributed by atoms with Crippen molar-refractivity contribution in [1.29, 1.82) is 0 Å². The highest BCUT2D eigenvalue weighted by Gasteiger charge is 2.07. The summed E-state index contributed by atoms with van der Waals surface area (Å²) < 4.78 is 5.52. The molecule has 0 aliphatic heterocycles. The minimum absolute atomic E-state index is 0.0855. The van der Waals surface area contributed by atoms with Crippen molar-refractivity contribution in [2.45, 2.75) is 13.5 Å². The number of para-hydroxylation sites is 1. The first-order chi connectivity index (χ1) is 10.2. The van der Waals surface area contributed by atoms with Crippen molar-refractivity contribution in [3.05, 3.63) is 54.1 Å². The number of carbonyl (C=O) groups excluding carboxylic acids is 1. The average Bonchev–Trinajstić information content (AvgIpc) is 2.99. The van der Waals surface area contributed by atoms with Gasteiger partial charge in [-0.3, -0.25) is 4.79 Å². The topological polar surface area (TPSA) is 58.2 Å². The molecule has 0 aliphatic rings. The number of amides is 1. The van der Waals surface area contributed by atoms with Gasteiger partial charge in [0.2, 0.25) is 5.91 Å². The lowest BCUT2D eigenvalue weighted by Crippen LogP contribution is -2.24. The van der Waals surface area contributed by atoms with E-state index in [-0.39, 0.29) is 5.91 Å². The maximum Gasteiger partial charge on any atom is 0.246 e. The normalized spacial score (nSPS) is 10.8. The quantitative estimate of drug-likeness (QED) is 0.830. The highest BCUT2D eigenvalue weighted by Crippen LogP contribution is 2.19. The fourth-order valence-electron chi connectivity index (χ4n) is 1.88. The highest BCUT2D eigenvalue weighted by atomic mass is 16.5. The van der Waals surface area contributed by atoms with Crippen molar-refractivity contribution in [2.24, 2.45) is 0 Å². The van der Waals surface area contributed by atoms with Crippen LogP contribution in [0.2, 0.25) is 0 Å². The summed E-state index contributed by atoms with van der Waals surface area (Å²) in [5.74, 6) is 1.45. The summed E-state index contributed by atoms with van der Waals surface area (Å²) >= 11 is 0. The molecule has 1 aromatic heterocycles. The smallest absolute Gasteiger partial charge is 0.246 e. The molecular weight excluding hydrogens is 266 g/mol. The van der Waals surface area contributed by atoms with Crippen LogP contribution in [0.3, 0.4) is 0 Å². The van der Waals surface area contributed by atoms with Crippen molar-refractivity contribution >= 4 is 12.0 Å². The third-order valence-corrected chi connectivity index (χ3v) is 2.94. The summed E-state index contributed by atoms with van der Waals surface area (Å²) in [7, 11) is 1.74. The fourth-order valence-corrected chi connectivity index (χ4v) is 1.88. The summed E-state index contributed by atoms with van der Waals surface area (Å²) in [5.41, 5.74) is 0.888. The van der Waals surface area contributed by atoms with Gasteiger partial charge in [0.15, 0.2) is 0 Å². The standard InChI is InChI=1S/C16H19N3O2/c1-3-21-14-7-5-4-6-13(14)8-9-16(20)19(2)12-15-17-10-11-18-15/h4-11H,3,12H2,1-2H3,(H,17,18). The number of rotatable bonds is 6. The van der Waals surface area contributed by atoms with Crippen LogP contribution in [0.15, 0.2) is 42.7 Å². The number of nitrogens with one attached hydrogen (secondary N) is 1. The van der Waals surface area contributed by atoms with Crippen molar-refractivity contribution in [3.8, 4) is 5.75 Å². The van der Waals surface area contributed by atoms with Gasteiger partial charge in [-0.05, 0) is 19.1 Å². The Bertz CT molecular complexity index is 606. The van der Waals surface area contributed by atoms with Crippen LogP contribution >= 0.6 is 0 Å². The van der Waals surface area contributed by atoms with Gasteiger partial charge in [-0.25, -0.2) is 4.98 Å². The molecule has 0 spiro atoms. The molecule has 0 atom stereocenters. The number of imidazole rings is 1. The Labute approximate surface area is 124 Å². The van der Waals surface area contributed by atoms with Crippen molar-refractivity contribution in [1.82, 2.24) is 14.9 Å². The van der Waals surface area contributed by atoms with Gasteiger partial charge < -0.3 is 14.6 Å². The molecule has 2 rings (SSSR count). The Morgan fingerprint density at radius 2 is 2.24 bits per heavy atom. The van der Waals surface area contributed by atoms with Gasteiger partial charge >= 0.3 is 0 Å². The van der Waals surface area contributed by atoms with Crippen LogP contribution in [-0.2, 0) is 11.3 Å². The van der Waals surface area contributed by atoms with E-state index in [1.807, 2.05) is 31.2 Å². The first-order valence-electron chi connectivity index (χ1n) is 6.84. The van der Waals surface area contributed by atoms with Gasteiger partial charge in [0, 0.05) is 31.1 Å². The summed E-state index contributed by atoms with van der Waals surface area (Å²) in [5, 5.41) is 0. The molecule has 1 N–H and O–H groups in total. The van der Waals surface area contributed by atoms with Crippen LogP contribution in [0.4, 0.5) is 0 Å². The molecule has 21 heavy (non-hydrogen) atoms. The zero-order chi connectivity index (χ0) is 15.1. The zero-order valence-corrected chi connectivity index (χ0v) is 12.2. The lowest BCUT2D eigenvalue weighted by atomic mass is 10.2. The Kier molecular flexibility index (Phi) is 5.15. The lowest BCUT2D eigenvalue weighted by molar-refractivity contribution is -0.125. The molecule has 0 fully saturated rings. The van der Waals surface area contributed by atoms with Crippen molar-refractivity contribution in [3.63, 3.8) is 0 Å². The molecule has 1 heterocycles. The van der Waals surface area contributed by atoms with Gasteiger partial charge in [0.25, 0.3) is 0 Å². The Balaban J connectivity index is 2.01. The Morgan fingerprint density at radius 3 is 2.95 bits per heavy atom. The Morgan fingerprint density at radius 1 is 1.43 bits per heavy atom. The maximum absolute atomic E-state index is 12.1. The van der Waals surface area contributed by atoms with Gasteiger partial charge in [0.05, 0.1) is 13.2 Å². The van der Waals surface area contributed by atoms with E-state index in [2.05, 4.69) is 9.97 Å². The monoisotopic (exact) mass is 285 g/mol. The fraction of sp³-hybridized carbons (Fsp3) is 0.250. The van der Waals surface area contributed by atoms with Gasteiger partial charge in [-0.1, -0.05) is 18.2 Å². The van der Waals surface area contributed by atoms with Crippen LogP contribution in [-0.4, -0.2) is 34.4 Å². The minimum Gasteiger partial charge on any atom is -0.493 e. The van der Waals surface area contributed by atoms with E-state index in [0.717, 1.165) is 17.1 Å². The zero-order valence-electron chi connectivity index (χ0n) is 12.2. The predicted octanol–water partition coefficient (Wildman–Crippen LogP) is 2.48. The van der Waals surface area contributed by atoms with Crippen LogP contribution in [0.5, 0.6) is 5.75 Å². The summed E-state index contributed by atoms with van der Waals surface area (Å²) in [6.45, 7) is 2.98. The van der Waals surface area contributed by atoms with E-state index in [1.165, 1.54) is 0 Å². The van der Waals surface area contributed by atoms with E-state index >= 15 is 0 Å². The predicted molar refractivity (Wildman–Crippen MR) is 81.7 cm³/mol. The van der Waals surface area contributed by atoms with E-state index in [0.29, 0.717) is 13.2 Å². The molecule has 1 aromatic carbocycles. The number of likely N-dealkylation sites (N-methyl/N-ethyl adjacent to an activating group) is 1. The number of carbonyl (C=O) groups is 1. The molecule has 0 radical (unpaired) electrons. The van der Waals surface area contributed by atoms with Crippen molar-refractivity contribution < 1.29 is 9.53 Å². The SMILES string of the molecule is CCOc1ccccc1C=CC(=O)N(C)Cc1ncc[nH]1. The van der Waals surface area contributed by atoms with Crippen molar-refractivity contribution in [2.75, 3.05) is 13.7 Å². The number of ether oxygens (including phenoxy) is 1. The largest absolute Gasteiger partial charge is 0.493 e. The Hall–Kier alpha value is -2.56. The number of benzene rings is 1. The first-order valence-corrected chi connectivity index (χ1v) is 6.84. The van der Waals surface area contributed by atoms with Crippen LogP contribution < -0.4 is 4.74 Å². The molecule has 0 aliphatic carbocycles. The van der Waals surface area contributed by atoms with E-state index in [9.17, 15) is 4.79 Å². The molecule has 5 heteroatoms. The summed E-state index contributed by atoms with van der Waals surface area (Å²) in [6, 6.07) is 7.63. The van der Waals surface area contributed by atoms with Crippen LogP contribution in [0.25, 0.3) is 6.08 Å². The molecule has 0 saturated heterocycles. The number of hydrogen-bond acceptors (Lipinski definition) is 3. The van der Waals surface area contributed by atoms with Crippen LogP contribution in [0, 0.1) is 0 Å². The van der Waals surface area contributed by atoms with Crippen LogP contribution in [0.1, 0.15) is 18.3 Å². The number of hydrogen-bond donors (Lipinski definition) is 1. The lowest BCUT2D eigenvalue weighted by Gasteiger charge is -2.13. The molecule has 2 aromatic rings. The second kappa shape index (κ2) is 7.28. The number of nitrogens with zero attached hydrogens (tertiary/aromatic N) is 2. The first kappa shape index (κ1) is 14.8. The second-order valence-electron chi connectivity index (χ2n) is 4.53. The highest BCUT2D eigenvalue weighted by molar-refractivity contribution is 5.91. The molecule has 0 bridgehead atoms. The van der Waals surface area contributed by atoms with Gasteiger partial charge in [-0.2, -0.15) is 0 Å². The van der Waals surface area contributed by atoms with E-state index in [1.54, 1.807) is 36.5 Å². The molecule has 0 saturated carbocycles. The van der Waals surface area contributed by atoms with E-state index < -0.39 is 0 Å². The number of aromatic nitrogens is 2. The molecule has 0 unspecified atom stereocenters. The third-order valence-electron chi connectivity index (χ3n) is 2.94. The third kappa shape index (κ3) is 4.21. The molecule has 5 nitrogen and oxygen atoms in total. The average molecular weight is 285 g/mol. The second-order valence-corrected chi connectivity index (χ2v) is 4.53. The van der Waals surface area contributed by atoms with Gasteiger partial charge in [-0.15, -0.1) is 0 Å². The summed E-state index contributed by atoms with van der Waals surface area (Å²) in [4.78, 5) is 20.7. The summed E-state index contributed by atoms with van der Waals surface area (Å²) in [6.07, 6.45) is 6.72. The molecular formula is C16H19N3O2. The minimum atomic E-state index is -0.0855. The van der Waals surface area contributed by atoms with Gasteiger partial charge in [0.1, 0.15) is 11.6 Å². The molecule has 110 valence electrons.